The number of nitrogens with one attached hydrogen (secondary N) is 2. The summed E-state index contributed by atoms with van der Waals surface area (Å²) in [7, 11) is 0. The van der Waals surface area contributed by atoms with Gasteiger partial charge in [0.15, 0.2) is 0 Å². The van der Waals surface area contributed by atoms with Gasteiger partial charge in [0.05, 0.1) is 12.2 Å². The van der Waals surface area contributed by atoms with E-state index in [1.54, 1.807) is 6.20 Å². The molecule has 114 valence electrons. The van der Waals surface area contributed by atoms with Gasteiger partial charge in [-0.3, -0.25) is 5.10 Å². The van der Waals surface area contributed by atoms with Gasteiger partial charge in [-0.2, -0.15) is 5.10 Å². The maximum Gasteiger partial charge on any atom is 0.122 e. The summed E-state index contributed by atoms with van der Waals surface area (Å²) in [5.41, 5.74) is 3.45. The smallest absolute Gasteiger partial charge is 0.122 e. The Balaban J connectivity index is 1.57. The molecule has 2 N–H and O–H groups in total. The van der Waals surface area contributed by atoms with Gasteiger partial charge in [-0.15, -0.1) is 0 Å². The maximum absolute atomic E-state index is 4.41. The summed E-state index contributed by atoms with van der Waals surface area (Å²) in [6.07, 6.45) is 5.65. The highest BCUT2D eigenvalue weighted by molar-refractivity contribution is 5.58. The van der Waals surface area contributed by atoms with E-state index >= 15 is 0 Å². The van der Waals surface area contributed by atoms with E-state index in [-0.39, 0.29) is 0 Å². The fourth-order valence-corrected chi connectivity index (χ4v) is 2.49. The molecule has 1 aromatic carbocycles. The third kappa shape index (κ3) is 3.26. The summed E-state index contributed by atoms with van der Waals surface area (Å²) >= 11 is 0. The van der Waals surface area contributed by atoms with Crippen molar-refractivity contribution in [2.45, 2.75) is 33.0 Å². The molecule has 5 heteroatoms. The first-order chi connectivity index (χ1) is 10.7. The summed E-state index contributed by atoms with van der Waals surface area (Å²) in [4.78, 5) is 4.41. The normalized spacial score (nSPS) is 11.2. The Labute approximate surface area is 130 Å². The van der Waals surface area contributed by atoms with Crippen molar-refractivity contribution in [2.75, 3.05) is 0 Å². The van der Waals surface area contributed by atoms with Crippen LogP contribution in [0.3, 0.4) is 0 Å². The quantitative estimate of drug-likeness (QED) is 0.734. The van der Waals surface area contributed by atoms with E-state index in [1.807, 2.05) is 18.5 Å². The van der Waals surface area contributed by atoms with Crippen LogP contribution in [0.5, 0.6) is 0 Å². The molecule has 0 fully saturated rings. The van der Waals surface area contributed by atoms with E-state index in [9.17, 15) is 0 Å². The number of rotatable bonds is 6. The highest BCUT2D eigenvalue weighted by atomic mass is 15.1. The van der Waals surface area contributed by atoms with Crippen molar-refractivity contribution in [1.29, 1.82) is 0 Å². The summed E-state index contributed by atoms with van der Waals surface area (Å²) in [5.74, 6) is 1.07. The highest BCUT2D eigenvalue weighted by Gasteiger charge is 2.05. The van der Waals surface area contributed by atoms with Crippen LogP contribution < -0.4 is 5.32 Å². The molecule has 22 heavy (non-hydrogen) atoms. The molecular formula is C17H21N5. The molecule has 0 aliphatic rings. The molecule has 2 aromatic heterocycles. The second-order valence-corrected chi connectivity index (χ2v) is 5.62. The molecule has 0 spiro atoms. The monoisotopic (exact) mass is 295 g/mol. The lowest BCUT2D eigenvalue weighted by Gasteiger charge is -2.12. The zero-order chi connectivity index (χ0) is 15.4. The summed E-state index contributed by atoms with van der Waals surface area (Å²) in [5, 5.41) is 10.4. The first-order valence-corrected chi connectivity index (χ1v) is 7.55. The topological polar surface area (TPSA) is 58.5 Å². The van der Waals surface area contributed by atoms with Crippen molar-refractivity contribution < 1.29 is 0 Å². The zero-order valence-electron chi connectivity index (χ0n) is 13.0. The number of imidazole rings is 1. The predicted molar refractivity (Wildman–Crippen MR) is 87.2 cm³/mol. The number of aromatic amines is 1. The van der Waals surface area contributed by atoms with Crippen molar-refractivity contribution in [3.05, 3.63) is 60.3 Å². The van der Waals surface area contributed by atoms with E-state index < -0.39 is 0 Å². The van der Waals surface area contributed by atoms with Gasteiger partial charge < -0.3 is 9.88 Å². The van der Waals surface area contributed by atoms with Crippen molar-refractivity contribution in [1.82, 2.24) is 25.1 Å². The minimum atomic E-state index is 0.438. The van der Waals surface area contributed by atoms with Crippen LogP contribution in [-0.4, -0.2) is 19.7 Å². The molecule has 0 atom stereocenters. The molecule has 0 unspecified atom stereocenters. The van der Waals surface area contributed by atoms with E-state index in [4.69, 9.17) is 0 Å². The van der Waals surface area contributed by atoms with Gasteiger partial charge in [-0.1, -0.05) is 24.3 Å². The van der Waals surface area contributed by atoms with Gasteiger partial charge >= 0.3 is 0 Å². The largest absolute Gasteiger partial charge is 0.331 e. The average Bonchev–Trinajstić information content (AvgIpc) is 3.19. The second-order valence-electron chi connectivity index (χ2n) is 5.62. The third-order valence-corrected chi connectivity index (χ3v) is 3.68. The van der Waals surface area contributed by atoms with Gasteiger partial charge in [0.1, 0.15) is 5.82 Å². The van der Waals surface area contributed by atoms with Gasteiger partial charge in [-0.25, -0.2) is 4.98 Å². The number of benzene rings is 1. The SMILES string of the molecule is CC(C)n1ccnc1CNCc1ccc(-c2ccn[nH]2)cc1. The van der Waals surface area contributed by atoms with Crippen LogP contribution in [0, 0.1) is 0 Å². The maximum atomic E-state index is 4.41. The van der Waals surface area contributed by atoms with Crippen LogP contribution in [0.2, 0.25) is 0 Å². The first kappa shape index (κ1) is 14.5. The molecule has 0 saturated carbocycles. The molecular weight excluding hydrogens is 274 g/mol. The standard InChI is InChI=1S/C17H21N5/c1-13(2)22-10-9-19-17(22)12-18-11-14-3-5-15(6-4-14)16-7-8-20-21-16/h3-10,13,18H,11-12H2,1-2H3,(H,20,21). The Morgan fingerprint density at radius 3 is 2.59 bits per heavy atom. The molecule has 0 aliphatic carbocycles. The molecule has 0 bridgehead atoms. The molecule has 3 rings (SSSR count). The Morgan fingerprint density at radius 2 is 1.91 bits per heavy atom. The fraction of sp³-hybridized carbons (Fsp3) is 0.294. The van der Waals surface area contributed by atoms with Gasteiger partial charge in [-0.05, 0) is 31.0 Å². The lowest BCUT2D eigenvalue weighted by atomic mass is 10.1. The number of hydrogen-bond donors (Lipinski definition) is 2. The molecule has 0 amide bonds. The van der Waals surface area contributed by atoms with Crippen LogP contribution in [-0.2, 0) is 13.1 Å². The molecule has 2 heterocycles. The van der Waals surface area contributed by atoms with Crippen LogP contribution >= 0.6 is 0 Å². The predicted octanol–water partition coefficient (Wildman–Crippen LogP) is 3.14. The molecule has 5 nitrogen and oxygen atoms in total. The molecule has 0 saturated heterocycles. The van der Waals surface area contributed by atoms with Gasteiger partial charge in [0.25, 0.3) is 0 Å². The van der Waals surface area contributed by atoms with Gasteiger partial charge in [0, 0.05) is 31.2 Å². The van der Waals surface area contributed by atoms with Crippen molar-refractivity contribution in [3.63, 3.8) is 0 Å². The number of aromatic nitrogens is 4. The second kappa shape index (κ2) is 6.58. The lowest BCUT2D eigenvalue weighted by molar-refractivity contribution is 0.541. The first-order valence-electron chi connectivity index (χ1n) is 7.55. The Hall–Kier alpha value is -2.40. The Kier molecular flexibility index (Phi) is 4.34. The molecule has 0 radical (unpaired) electrons. The highest BCUT2D eigenvalue weighted by Crippen LogP contribution is 2.16. The molecule has 3 aromatic rings. The summed E-state index contributed by atoms with van der Waals surface area (Å²) in [6, 6.07) is 10.9. The summed E-state index contributed by atoms with van der Waals surface area (Å²) in [6.45, 7) is 5.93. The minimum absolute atomic E-state index is 0.438. The van der Waals surface area contributed by atoms with Crippen molar-refractivity contribution >= 4 is 0 Å². The van der Waals surface area contributed by atoms with Crippen LogP contribution in [0.15, 0.2) is 48.9 Å². The Bertz CT molecular complexity index is 695. The van der Waals surface area contributed by atoms with Crippen LogP contribution in [0.25, 0.3) is 11.3 Å². The van der Waals surface area contributed by atoms with Crippen molar-refractivity contribution in [2.24, 2.45) is 0 Å². The van der Waals surface area contributed by atoms with Gasteiger partial charge in [0.2, 0.25) is 0 Å². The van der Waals surface area contributed by atoms with E-state index in [2.05, 4.69) is 63.2 Å². The Morgan fingerprint density at radius 1 is 1.09 bits per heavy atom. The fourth-order valence-electron chi connectivity index (χ4n) is 2.49. The summed E-state index contributed by atoms with van der Waals surface area (Å²) < 4.78 is 2.19. The van der Waals surface area contributed by atoms with E-state index in [0.29, 0.717) is 6.04 Å². The van der Waals surface area contributed by atoms with E-state index in [0.717, 1.165) is 30.2 Å². The van der Waals surface area contributed by atoms with E-state index in [1.165, 1.54) is 5.56 Å². The average molecular weight is 295 g/mol. The third-order valence-electron chi connectivity index (χ3n) is 3.68. The minimum Gasteiger partial charge on any atom is -0.331 e. The van der Waals surface area contributed by atoms with Crippen LogP contribution in [0.1, 0.15) is 31.3 Å². The number of nitrogens with zero attached hydrogens (tertiary/aromatic N) is 3. The lowest BCUT2D eigenvalue weighted by Crippen LogP contribution is -2.17. The number of H-pyrrole nitrogens is 1. The zero-order valence-corrected chi connectivity index (χ0v) is 13.0. The number of hydrogen-bond acceptors (Lipinski definition) is 3. The van der Waals surface area contributed by atoms with Crippen molar-refractivity contribution in [3.8, 4) is 11.3 Å². The van der Waals surface area contributed by atoms with Crippen LogP contribution in [0.4, 0.5) is 0 Å². The molecule has 0 aliphatic heterocycles.